The first kappa shape index (κ1) is 89.2. The van der Waals surface area contributed by atoms with Crippen LogP contribution in [0.4, 0.5) is 11.6 Å². The van der Waals surface area contributed by atoms with E-state index in [0.29, 0.717) is 53.1 Å². The molecule has 0 aliphatic carbocycles. The number of hydrogen-bond donors (Lipinski definition) is 2. The lowest BCUT2D eigenvalue weighted by atomic mass is 9.81. The van der Waals surface area contributed by atoms with Gasteiger partial charge in [-0.05, 0) is 118 Å². The van der Waals surface area contributed by atoms with Gasteiger partial charge in [0.25, 0.3) is 0 Å². The second-order valence-electron chi connectivity index (χ2n) is 33.0. The average Bonchev–Trinajstić information content (AvgIpc) is 1.62. The highest BCUT2D eigenvalue weighted by Crippen LogP contribution is 2.52. The van der Waals surface area contributed by atoms with Crippen LogP contribution in [0.2, 0.25) is 0 Å². The van der Waals surface area contributed by atoms with Gasteiger partial charge in [-0.3, -0.25) is 49.0 Å². The van der Waals surface area contributed by atoms with Crippen LogP contribution in [-0.4, -0.2) is 169 Å². The van der Waals surface area contributed by atoms with Crippen LogP contribution in [0.1, 0.15) is 103 Å². The van der Waals surface area contributed by atoms with E-state index in [1.165, 1.54) is 28.5 Å². The highest BCUT2D eigenvalue weighted by Gasteiger charge is 2.56. The molecule has 8 aliphatic heterocycles. The van der Waals surface area contributed by atoms with Gasteiger partial charge in [0.15, 0.2) is 16.7 Å². The normalized spacial score (nSPS) is 23.4. The third kappa shape index (κ3) is 21.1. The maximum absolute atomic E-state index is 13.4. The van der Waals surface area contributed by atoms with Crippen molar-refractivity contribution in [2.45, 2.75) is 94.3 Å². The number of benzene rings is 7. The maximum atomic E-state index is 13.4. The molecule has 0 spiro atoms. The highest BCUT2D eigenvalue weighted by atomic mass is 79.9. The van der Waals surface area contributed by atoms with Crippen LogP contribution in [-0.2, 0) is 47.8 Å². The number of thioether (sulfide) groups is 4. The lowest BCUT2D eigenvalue weighted by Gasteiger charge is -2.37. The van der Waals surface area contributed by atoms with Gasteiger partial charge >= 0.3 is 11.9 Å². The van der Waals surface area contributed by atoms with Crippen molar-refractivity contribution in [3.63, 3.8) is 0 Å². The molecule has 8 atom stereocenters. The van der Waals surface area contributed by atoms with Crippen molar-refractivity contribution < 1.29 is 38.1 Å². The molecule has 0 unspecified atom stereocenters. The zero-order chi connectivity index (χ0) is 85.3. The number of aromatic nitrogens is 4. The number of nitrogens with zero attached hydrogens (tertiary/aromatic N) is 11. The van der Waals surface area contributed by atoms with E-state index >= 15 is 0 Å². The van der Waals surface area contributed by atoms with Crippen molar-refractivity contribution in [1.29, 1.82) is 0 Å². The number of Topliss-reactive ketones (excluding diaryl/α,β-unsaturated/α-hetero) is 2. The molecular formula is C92H97Br4N13O8S4. The van der Waals surface area contributed by atoms with Gasteiger partial charge < -0.3 is 39.8 Å². The van der Waals surface area contributed by atoms with E-state index in [-0.39, 0.29) is 34.1 Å². The number of amidine groups is 1. The molecule has 2 aromatic heterocycles. The molecule has 9 aromatic rings. The fourth-order valence-corrected chi connectivity index (χ4v) is 23.2. The summed E-state index contributed by atoms with van der Waals surface area (Å²) < 4.78 is 26.5. The number of likely N-dealkylation sites (tertiary alicyclic amines) is 1. The summed E-state index contributed by atoms with van der Waals surface area (Å²) in [6.07, 6.45) is 11.0. The lowest BCUT2D eigenvalue weighted by molar-refractivity contribution is -0.170. The minimum Gasteiger partial charge on any atom is -0.497 e. The topological polar surface area (TPSA) is 254 Å². The van der Waals surface area contributed by atoms with E-state index in [1.54, 1.807) is 122 Å². The smallest absolute Gasteiger partial charge is 0.327 e. The Bertz CT molecular complexity index is 5320. The second-order valence-corrected chi connectivity index (χ2v) is 40.9. The number of esters is 2. The molecule has 8 aliphatic rings. The first-order valence-corrected chi connectivity index (χ1v) is 47.2. The number of ether oxygens (including phenoxy) is 4. The average molecular weight is 1960 g/mol. The van der Waals surface area contributed by atoms with Gasteiger partial charge in [-0.2, -0.15) is 0 Å². The number of nitrogens with two attached hydrogens (primary N) is 1. The number of methoxy groups -OCH3 is 2. The van der Waals surface area contributed by atoms with Crippen LogP contribution in [0.5, 0.6) is 11.5 Å². The number of hydrogen-bond acceptors (Lipinski definition) is 25. The Labute approximate surface area is 758 Å². The molecule has 21 nitrogen and oxygen atoms in total. The standard InChI is InChI=1S/C29H29BrN2O3S.C27H33BrN4O4S.C20H19BrN2OS.C16H16BrN5S/c1-34-25-12-11-21(27(14-25)35-2)16-32-17-23-18-36-28(15-26(33)20-7-4-3-5-8-20)31-29(23,19-32)22-9-6-10-24(30)13-22;1-25(2,3)35-23(33)21(24(34)36-26(4,5)6)22-31-27(17-8-7-9-19(28)12-17)16-32(14-18(27)15-37-22)20-13-29-10-11-30-20;21-17-8-4-7-15(9-17)20-13-22-11-16(20)12-25-19(23-20)10-18(24)14-5-2-1-3-6-14;17-13-3-1-2-11(6-13)16-10-22(14-7-19-4-5-20-14)8-12(16)9-23-15(18)21-16/h3-14,23H,15-19H2,1-2H3;7-13,18,21H,14-16H2,1-6H3;1-9,16,22H,10-13H2;1-7,12H,8-10H2,(H2,18,21)/t23-,29+;18-,27+;16-,20+;12-,16+/m0000/s1. The molecule has 0 saturated carbocycles. The van der Waals surface area contributed by atoms with Crippen LogP contribution in [0.15, 0.2) is 251 Å². The first-order chi connectivity index (χ1) is 58.1. The number of fused-ring (bicyclic) bond motifs is 4. The lowest BCUT2D eigenvalue weighted by Crippen LogP contribution is -2.45. The molecule has 0 radical (unpaired) electrons. The Kier molecular flexibility index (Phi) is 28.7. The molecule has 10 heterocycles. The zero-order valence-electron chi connectivity index (χ0n) is 68.6. The van der Waals surface area contributed by atoms with E-state index in [4.69, 9.17) is 44.7 Å². The quantitative estimate of drug-likeness (QED) is 0.0433. The summed E-state index contributed by atoms with van der Waals surface area (Å²) in [4.78, 5) is 97.3. The van der Waals surface area contributed by atoms with E-state index in [0.717, 1.165) is 143 Å². The van der Waals surface area contributed by atoms with Crippen molar-refractivity contribution in [3.8, 4) is 11.5 Å². The van der Waals surface area contributed by atoms with Gasteiger partial charge in [0, 0.05) is 171 Å². The number of anilines is 2. The Balaban J connectivity index is 0.000000134. The minimum absolute atomic E-state index is 0.113. The van der Waals surface area contributed by atoms with Gasteiger partial charge in [0.05, 0.1) is 54.6 Å². The van der Waals surface area contributed by atoms with E-state index in [1.807, 2.05) is 115 Å². The fourth-order valence-electron chi connectivity index (χ4n) is 16.8. The molecular weight excluding hydrogens is 1860 g/mol. The number of halogens is 4. The number of rotatable bonds is 19. The summed E-state index contributed by atoms with van der Waals surface area (Å²) in [7, 11) is 3.36. The molecule has 4 fully saturated rings. The monoisotopic (exact) mass is 1960 g/mol. The van der Waals surface area contributed by atoms with Crippen molar-refractivity contribution >= 4 is 166 Å². The van der Waals surface area contributed by atoms with Crippen LogP contribution < -0.4 is 30.3 Å². The van der Waals surface area contributed by atoms with Gasteiger partial charge in [-0.25, -0.2) is 15.0 Å². The zero-order valence-corrected chi connectivity index (χ0v) is 78.2. The van der Waals surface area contributed by atoms with Crippen LogP contribution in [0.25, 0.3) is 0 Å². The molecule has 29 heteroatoms. The van der Waals surface area contributed by atoms with Crippen LogP contribution >= 0.6 is 111 Å². The van der Waals surface area contributed by atoms with E-state index in [2.05, 4.69) is 170 Å². The summed E-state index contributed by atoms with van der Waals surface area (Å²) in [6.45, 7) is 17.9. The van der Waals surface area contributed by atoms with Crippen molar-refractivity contribution in [1.82, 2.24) is 30.2 Å². The molecule has 0 bridgehead atoms. The summed E-state index contributed by atoms with van der Waals surface area (Å²) in [5.41, 5.74) is 10.2. The van der Waals surface area contributed by atoms with Crippen LogP contribution in [0, 0.1) is 29.6 Å². The van der Waals surface area contributed by atoms with Gasteiger partial charge in [0.1, 0.15) is 56.5 Å². The summed E-state index contributed by atoms with van der Waals surface area (Å²) in [5, 5.41) is 6.47. The van der Waals surface area contributed by atoms with Crippen molar-refractivity contribution in [2.75, 3.05) is 99.4 Å². The Morgan fingerprint density at radius 2 is 0.942 bits per heavy atom. The number of carbonyl (C=O) groups excluding carboxylic acids is 4. The third-order valence-electron chi connectivity index (χ3n) is 22.5. The highest BCUT2D eigenvalue weighted by molar-refractivity contribution is 9.11. The van der Waals surface area contributed by atoms with Gasteiger partial charge in [-0.15, -0.1) is 35.3 Å². The van der Waals surface area contributed by atoms with Crippen LogP contribution in [0.3, 0.4) is 0 Å². The van der Waals surface area contributed by atoms with Crippen molar-refractivity contribution in [2.24, 2.45) is 55.3 Å². The summed E-state index contributed by atoms with van der Waals surface area (Å²) in [5.74, 6) is 5.86. The number of ketones is 2. The number of carbonyl (C=O) groups is 4. The summed E-state index contributed by atoms with van der Waals surface area (Å²) in [6, 6.07) is 58.3. The van der Waals surface area contributed by atoms with E-state index < -0.39 is 34.6 Å². The molecule has 0 amide bonds. The molecule has 630 valence electrons. The Morgan fingerprint density at radius 1 is 0.496 bits per heavy atom. The third-order valence-corrected chi connectivity index (χ3v) is 28.9. The molecule has 7 aromatic carbocycles. The maximum Gasteiger partial charge on any atom is 0.327 e. The number of aliphatic imine (C=N–C) groups is 4. The Morgan fingerprint density at radius 3 is 1.40 bits per heavy atom. The second kappa shape index (κ2) is 39.0. The Hall–Kier alpha value is -8.10. The molecule has 3 N–H and O–H groups in total. The summed E-state index contributed by atoms with van der Waals surface area (Å²) >= 11 is 21.0. The fraction of sp³-hybridized carbons (Fsp3) is 0.370. The van der Waals surface area contributed by atoms with E-state index in [9.17, 15) is 19.2 Å². The minimum atomic E-state index is -1.26. The number of nitrogens with one attached hydrogen (secondary N) is 1. The van der Waals surface area contributed by atoms with Gasteiger partial charge in [0.2, 0.25) is 5.92 Å². The predicted molar refractivity (Wildman–Crippen MR) is 503 cm³/mol. The molecule has 4 saturated heterocycles. The SMILES string of the molecule is CC(C)(C)OC(=O)C(C(=O)OC(C)(C)C)C1=N[C@@]2(c3cccc(Br)c3)CN(c3cnccn3)C[C@H]2CS1.COc1ccc(CN2C[C@H]3CSC(CC(=O)c4ccccc4)=N[C@@]3(c3cccc(Br)c3)C2)c(OC)c1.NC1=N[C@@]2(c3cccc(Br)c3)CN(c3cnccn3)C[C@H]2CS1.O=C(CC1=N[C@@]2(c3cccc(Br)c3)CNC[C@H]2CS1)c1ccccc1. The molecule has 121 heavy (non-hydrogen) atoms. The predicted octanol–water partition coefficient (Wildman–Crippen LogP) is 18.1. The largest absolute Gasteiger partial charge is 0.497 e. The first-order valence-electron chi connectivity index (χ1n) is 40.1. The van der Waals surface area contributed by atoms with Gasteiger partial charge in [-0.1, -0.05) is 191 Å². The van der Waals surface area contributed by atoms with Crippen molar-refractivity contribution in [3.05, 3.63) is 270 Å². The molecule has 17 rings (SSSR count).